The SMILES string of the molecule is Cc1ccsc1-c1cc(-c2ccc(CC(C)C)cc2)nc(N)c1C#N. The maximum Gasteiger partial charge on any atom is 0.142 e. The van der Waals surface area contributed by atoms with E-state index in [1.54, 1.807) is 11.3 Å². The number of nitrogens with zero attached hydrogens (tertiary/aromatic N) is 2. The van der Waals surface area contributed by atoms with Gasteiger partial charge in [-0.2, -0.15) is 5.26 Å². The molecule has 0 radical (unpaired) electrons. The number of nitrogens with two attached hydrogens (primary N) is 1. The van der Waals surface area contributed by atoms with Crippen LogP contribution < -0.4 is 5.73 Å². The topological polar surface area (TPSA) is 62.7 Å². The molecule has 0 fully saturated rings. The van der Waals surface area contributed by atoms with E-state index in [1.165, 1.54) is 5.56 Å². The van der Waals surface area contributed by atoms with Gasteiger partial charge in [0.05, 0.1) is 5.69 Å². The lowest BCUT2D eigenvalue weighted by molar-refractivity contribution is 0.647. The van der Waals surface area contributed by atoms with Crippen molar-refractivity contribution in [2.75, 3.05) is 5.73 Å². The molecule has 3 aromatic rings. The number of aryl methyl sites for hydroxylation is 1. The summed E-state index contributed by atoms with van der Waals surface area (Å²) in [6.45, 7) is 6.48. The van der Waals surface area contributed by atoms with E-state index >= 15 is 0 Å². The molecule has 0 aliphatic rings. The molecule has 2 aromatic heterocycles. The molecule has 0 aliphatic heterocycles. The first-order valence-corrected chi connectivity index (χ1v) is 9.22. The highest BCUT2D eigenvalue weighted by Gasteiger charge is 2.15. The van der Waals surface area contributed by atoms with Gasteiger partial charge >= 0.3 is 0 Å². The first-order valence-electron chi connectivity index (χ1n) is 8.34. The Kier molecular flexibility index (Phi) is 4.87. The van der Waals surface area contributed by atoms with Crippen LogP contribution in [0.3, 0.4) is 0 Å². The molecule has 0 unspecified atom stereocenters. The lowest BCUT2D eigenvalue weighted by Gasteiger charge is -2.11. The summed E-state index contributed by atoms with van der Waals surface area (Å²) in [5.74, 6) is 0.914. The van der Waals surface area contributed by atoms with Crippen molar-refractivity contribution in [1.29, 1.82) is 5.26 Å². The molecule has 2 heterocycles. The van der Waals surface area contributed by atoms with Crippen LogP contribution in [0, 0.1) is 24.2 Å². The summed E-state index contributed by atoms with van der Waals surface area (Å²) in [5, 5.41) is 11.5. The first-order chi connectivity index (χ1) is 12.0. The maximum atomic E-state index is 9.51. The highest BCUT2D eigenvalue weighted by Crippen LogP contribution is 2.36. The van der Waals surface area contributed by atoms with E-state index in [1.807, 2.05) is 18.4 Å². The molecule has 2 N–H and O–H groups in total. The molecule has 25 heavy (non-hydrogen) atoms. The summed E-state index contributed by atoms with van der Waals surface area (Å²) in [6, 6.07) is 14.7. The second-order valence-electron chi connectivity index (χ2n) is 6.65. The van der Waals surface area contributed by atoms with E-state index < -0.39 is 0 Å². The van der Waals surface area contributed by atoms with E-state index in [0.717, 1.165) is 33.7 Å². The van der Waals surface area contributed by atoms with Gasteiger partial charge in [-0.15, -0.1) is 11.3 Å². The Morgan fingerprint density at radius 3 is 2.48 bits per heavy atom. The summed E-state index contributed by atoms with van der Waals surface area (Å²) in [6.07, 6.45) is 1.06. The van der Waals surface area contributed by atoms with Crippen molar-refractivity contribution in [1.82, 2.24) is 4.98 Å². The summed E-state index contributed by atoms with van der Waals surface area (Å²) < 4.78 is 0. The molecule has 4 heteroatoms. The lowest BCUT2D eigenvalue weighted by Crippen LogP contribution is -2.00. The average Bonchev–Trinajstić information content (AvgIpc) is 3.00. The summed E-state index contributed by atoms with van der Waals surface area (Å²) in [4.78, 5) is 5.54. The average molecular weight is 347 g/mol. The Labute approximate surface area is 152 Å². The second kappa shape index (κ2) is 7.08. The summed E-state index contributed by atoms with van der Waals surface area (Å²) >= 11 is 1.62. The number of hydrogen-bond donors (Lipinski definition) is 1. The van der Waals surface area contributed by atoms with Gasteiger partial charge in [-0.1, -0.05) is 38.1 Å². The molecule has 0 saturated heterocycles. The van der Waals surface area contributed by atoms with E-state index in [2.05, 4.69) is 55.2 Å². The van der Waals surface area contributed by atoms with Gasteiger partial charge in [-0.3, -0.25) is 0 Å². The fourth-order valence-corrected chi connectivity index (χ4v) is 3.89. The third-order valence-electron chi connectivity index (χ3n) is 4.16. The molecule has 1 aromatic carbocycles. The van der Waals surface area contributed by atoms with Gasteiger partial charge in [0, 0.05) is 16.0 Å². The van der Waals surface area contributed by atoms with Crippen molar-refractivity contribution < 1.29 is 0 Å². The van der Waals surface area contributed by atoms with Crippen molar-refractivity contribution in [3.8, 4) is 27.8 Å². The fraction of sp³-hybridized carbons (Fsp3) is 0.238. The molecular formula is C21H21N3S. The van der Waals surface area contributed by atoms with Gasteiger partial charge in [0.2, 0.25) is 0 Å². The van der Waals surface area contributed by atoms with Crippen LogP contribution in [-0.4, -0.2) is 4.98 Å². The standard InChI is InChI=1S/C21H21N3S/c1-13(2)10-15-4-6-16(7-5-15)19-11-17(18(12-22)21(23)24-19)20-14(3)8-9-25-20/h4-9,11,13H,10H2,1-3H3,(H2,23,24). The van der Waals surface area contributed by atoms with Crippen LogP contribution in [0.15, 0.2) is 41.8 Å². The van der Waals surface area contributed by atoms with Crippen molar-refractivity contribution in [2.45, 2.75) is 27.2 Å². The van der Waals surface area contributed by atoms with Crippen molar-refractivity contribution in [3.63, 3.8) is 0 Å². The molecule has 126 valence electrons. The molecule has 0 aliphatic carbocycles. The number of rotatable bonds is 4. The molecule has 0 saturated carbocycles. The zero-order valence-electron chi connectivity index (χ0n) is 14.7. The number of thiophene rings is 1. The van der Waals surface area contributed by atoms with Crippen LogP contribution in [0.2, 0.25) is 0 Å². The summed E-state index contributed by atoms with van der Waals surface area (Å²) in [7, 11) is 0. The molecule has 0 bridgehead atoms. The predicted octanol–water partition coefficient (Wildman–Crippen LogP) is 5.44. The van der Waals surface area contributed by atoms with Gasteiger partial charge in [-0.05, 0) is 47.9 Å². The largest absolute Gasteiger partial charge is 0.383 e. The Morgan fingerprint density at radius 2 is 1.92 bits per heavy atom. The normalized spacial score (nSPS) is 10.8. The third-order valence-corrected chi connectivity index (χ3v) is 5.21. The third kappa shape index (κ3) is 3.57. The Bertz CT molecular complexity index is 931. The lowest BCUT2D eigenvalue weighted by atomic mass is 9.99. The van der Waals surface area contributed by atoms with E-state index in [0.29, 0.717) is 11.5 Å². The number of hydrogen-bond acceptors (Lipinski definition) is 4. The monoisotopic (exact) mass is 347 g/mol. The fourth-order valence-electron chi connectivity index (χ4n) is 2.94. The zero-order chi connectivity index (χ0) is 18.0. The van der Waals surface area contributed by atoms with Gasteiger partial charge < -0.3 is 5.73 Å². The number of aromatic nitrogens is 1. The van der Waals surface area contributed by atoms with Crippen LogP contribution >= 0.6 is 11.3 Å². The Balaban J connectivity index is 2.08. The number of anilines is 1. The molecule has 0 amide bonds. The second-order valence-corrected chi connectivity index (χ2v) is 7.57. The first kappa shape index (κ1) is 17.2. The van der Waals surface area contributed by atoms with Crippen molar-refractivity contribution in [3.05, 3.63) is 58.5 Å². The van der Waals surface area contributed by atoms with Crippen LogP contribution in [0.5, 0.6) is 0 Å². The maximum absolute atomic E-state index is 9.51. The summed E-state index contributed by atoms with van der Waals surface area (Å²) in [5.41, 5.74) is 11.7. The van der Waals surface area contributed by atoms with E-state index in [9.17, 15) is 5.26 Å². The minimum atomic E-state index is 0.286. The number of nitrogen functional groups attached to an aromatic ring is 1. The number of nitriles is 1. The van der Waals surface area contributed by atoms with Crippen LogP contribution in [0.25, 0.3) is 21.7 Å². The van der Waals surface area contributed by atoms with Crippen LogP contribution in [0.4, 0.5) is 5.82 Å². The van der Waals surface area contributed by atoms with Gasteiger partial charge in [-0.25, -0.2) is 4.98 Å². The Hall–Kier alpha value is -2.64. The van der Waals surface area contributed by atoms with Gasteiger partial charge in [0.15, 0.2) is 0 Å². The van der Waals surface area contributed by atoms with Crippen molar-refractivity contribution in [2.24, 2.45) is 5.92 Å². The van der Waals surface area contributed by atoms with E-state index in [-0.39, 0.29) is 5.82 Å². The molecule has 3 rings (SSSR count). The van der Waals surface area contributed by atoms with Crippen LogP contribution in [-0.2, 0) is 6.42 Å². The highest BCUT2D eigenvalue weighted by atomic mass is 32.1. The quantitative estimate of drug-likeness (QED) is 0.683. The van der Waals surface area contributed by atoms with Gasteiger partial charge in [0.25, 0.3) is 0 Å². The minimum absolute atomic E-state index is 0.286. The zero-order valence-corrected chi connectivity index (χ0v) is 15.5. The smallest absolute Gasteiger partial charge is 0.142 e. The molecule has 3 nitrogen and oxygen atoms in total. The van der Waals surface area contributed by atoms with E-state index in [4.69, 9.17) is 5.73 Å². The van der Waals surface area contributed by atoms with Crippen molar-refractivity contribution >= 4 is 17.2 Å². The van der Waals surface area contributed by atoms with Crippen LogP contribution in [0.1, 0.15) is 30.5 Å². The number of pyridine rings is 1. The predicted molar refractivity (Wildman–Crippen MR) is 105 cm³/mol. The molecular weight excluding hydrogens is 326 g/mol. The Morgan fingerprint density at radius 1 is 1.20 bits per heavy atom. The minimum Gasteiger partial charge on any atom is -0.383 e. The van der Waals surface area contributed by atoms with Gasteiger partial charge in [0.1, 0.15) is 17.5 Å². The molecule has 0 atom stereocenters. The highest BCUT2D eigenvalue weighted by molar-refractivity contribution is 7.13. The number of benzene rings is 1. The molecule has 0 spiro atoms.